The van der Waals surface area contributed by atoms with Crippen LogP contribution in [0.15, 0.2) is 43.0 Å². The maximum Gasteiger partial charge on any atom is 0.233 e. The maximum atomic E-state index is 12.7. The van der Waals surface area contributed by atoms with Crippen molar-refractivity contribution in [3.63, 3.8) is 0 Å². The molecule has 0 saturated carbocycles. The first kappa shape index (κ1) is 15.0. The van der Waals surface area contributed by atoms with E-state index in [0.29, 0.717) is 13.0 Å². The molecule has 1 aromatic carbocycles. The number of thiazole rings is 1. The first-order valence-electron chi connectivity index (χ1n) is 7.71. The van der Waals surface area contributed by atoms with E-state index in [1.54, 1.807) is 22.3 Å². The monoisotopic (exact) mass is 312 g/mol. The van der Waals surface area contributed by atoms with Crippen LogP contribution in [0.4, 0.5) is 5.13 Å². The molecule has 0 atom stereocenters. The number of carbonyl (C=O) groups excluding carboxylic acids is 1. The van der Waals surface area contributed by atoms with Crippen molar-refractivity contribution in [1.82, 2.24) is 4.98 Å². The number of aromatic nitrogens is 1. The van der Waals surface area contributed by atoms with Crippen molar-refractivity contribution in [2.24, 2.45) is 0 Å². The van der Waals surface area contributed by atoms with Gasteiger partial charge in [-0.05, 0) is 31.2 Å². The normalized spacial score (nSPS) is 13.5. The van der Waals surface area contributed by atoms with E-state index in [4.69, 9.17) is 4.98 Å². The summed E-state index contributed by atoms with van der Waals surface area (Å²) in [4.78, 5) is 20.5. The zero-order valence-corrected chi connectivity index (χ0v) is 13.4. The van der Waals surface area contributed by atoms with Crippen LogP contribution >= 0.6 is 11.3 Å². The summed E-state index contributed by atoms with van der Waals surface area (Å²) >= 11 is 1.67. The summed E-state index contributed by atoms with van der Waals surface area (Å²) in [6, 6.07) is 9.85. The Morgan fingerprint density at radius 1 is 1.27 bits per heavy atom. The van der Waals surface area contributed by atoms with Gasteiger partial charge in [-0.2, -0.15) is 0 Å². The number of nitrogens with zero attached hydrogens (tertiary/aromatic N) is 2. The van der Waals surface area contributed by atoms with Gasteiger partial charge in [0.15, 0.2) is 5.13 Å². The fraction of sp³-hybridized carbons (Fsp3) is 0.333. The van der Waals surface area contributed by atoms with E-state index in [1.165, 1.54) is 23.4 Å². The van der Waals surface area contributed by atoms with Crippen LogP contribution in [0.1, 0.15) is 29.0 Å². The van der Waals surface area contributed by atoms with Crippen LogP contribution in [0.3, 0.4) is 0 Å². The van der Waals surface area contributed by atoms with Gasteiger partial charge < -0.3 is 0 Å². The van der Waals surface area contributed by atoms with E-state index in [2.05, 4.69) is 6.58 Å². The largest absolute Gasteiger partial charge is 0.284 e. The van der Waals surface area contributed by atoms with E-state index in [-0.39, 0.29) is 5.91 Å². The number of rotatable bonds is 5. The van der Waals surface area contributed by atoms with Crippen LogP contribution < -0.4 is 4.90 Å². The van der Waals surface area contributed by atoms with Crippen molar-refractivity contribution in [1.29, 1.82) is 0 Å². The van der Waals surface area contributed by atoms with E-state index < -0.39 is 0 Å². The zero-order chi connectivity index (χ0) is 15.4. The Morgan fingerprint density at radius 2 is 2.05 bits per heavy atom. The average molecular weight is 312 g/mol. The molecule has 0 radical (unpaired) electrons. The van der Waals surface area contributed by atoms with Gasteiger partial charge in [-0.1, -0.05) is 36.4 Å². The lowest BCUT2D eigenvalue weighted by Gasteiger charge is -2.18. The maximum absolute atomic E-state index is 12.7. The van der Waals surface area contributed by atoms with Crippen LogP contribution in [-0.2, 0) is 24.1 Å². The minimum absolute atomic E-state index is 0.0807. The standard InChI is InChI=1S/C18H20N2OS/c1-2-12-20(17(21)13-14-8-4-3-5-9-14)18-19-15-10-6-7-11-16(15)22-18/h2-5,8-9H,1,6-7,10-13H2. The number of hydrogen-bond donors (Lipinski definition) is 0. The van der Waals surface area contributed by atoms with Crippen molar-refractivity contribution in [3.8, 4) is 0 Å². The van der Waals surface area contributed by atoms with Crippen molar-refractivity contribution in [2.75, 3.05) is 11.4 Å². The molecule has 1 aliphatic carbocycles. The van der Waals surface area contributed by atoms with Gasteiger partial charge in [-0.25, -0.2) is 4.98 Å². The van der Waals surface area contributed by atoms with E-state index in [0.717, 1.165) is 23.5 Å². The lowest BCUT2D eigenvalue weighted by molar-refractivity contribution is -0.117. The van der Waals surface area contributed by atoms with Crippen molar-refractivity contribution in [2.45, 2.75) is 32.1 Å². The molecule has 3 nitrogen and oxygen atoms in total. The summed E-state index contributed by atoms with van der Waals surface area (Å²) in [5, 5.41) is 0.827. The van der Waals surface area contributed by atoms with Crippen LogP contribution in [-0.4, -0.2) is 17.4 Å². The van der Waals surface area contributed by atoms with E-state index in [1.807, 2.05) is 30.3 Å². The number of fused-ring (bicyclic) bond motifs is 1. The Morgan fingerprint density at radius 3 is 2.77 bits per heavy atom. The molecule has 2 aromatic rings. The van der Waals surface area contributed by atoms with Gasteiger partial charge in [0.2, 0.25) is 5.91 Å². The summed E-state index contributed by atoms with van der Waals surface area (Å²) in [5.41, 5.74) is 2.22. The van der Waals surface area contributed by atoms with Gasteiger partial charge in [-0.15, -0.1) is 17.9 Å². The van der Waals surface area contributed by atoms with E-state index in [9.17, 15) is 4.79 Å². The molecule has 1 aromatic heterocycles. The lowest BCUT2D eigenvalue weighted by atomic mass is 10.0. The molecule has 0 bridgehead atoms. The van der Waals surface area contributed by atoms with Crippen molar-refractivity contribution < 1.29 is 4.79 Å². The fourth-order valence-electron chi connectivity index (χ4n) is 2.74. The first-order valence-corrected chi connectivity index (χ1v) is 8.53. The fourth-order valence-corrected chi connectivity index (χ4v) is 3.91. The lowest BCUT2D eigenvalue weighted by Crippen LogP contribution is -2.32. The summed E-state index contributed by atoms with van der Waals surface area (Å²) in [7, 11) is 0. The predicted octanol–water partition coefficient (Wildman–Crippen LogP) is 3.78. The highest BCUT2D eigenvalue weighted by Gasteiger charge is 2.22. The van der Waals surface area contributed by atoms with Crippen LogP contribution in [0, 0.1) is 0 Å². The smallest absolute Gasteiger partial charge is 0.233 e. The Bertz CT molecular complexity index is 639. The van der Waals surface area contributed by atoms with Crippen LogP contribution in [0.5, 0.6) is 0 Å². The molecule has 3 rings (SSSR count). The Hall–Kier alpha value is -1.94. The Kier molecular flexibility index (Phi) is 4.68. The molecule has 1 aliphatic rings. The van der Waals surface area contributed by atoms with Gasteiger partial charge in [0.05, 0.1) is 12.1 Å². The Balaban J connectivity index is 1.81. The highest BCUT2D eigenvalue weighted by molar-refractivity contribution is 7.16. The van der Waals surface area contributed by atoms with Gasteiger partial charge in [0.1, 0.15) is 0 Å². The Labute approximate surface area is 135 Å². The second-order valence-corrected chi connectivity index (χ2v) is 6.59. The van der Waals surface area contributed by atoms with Gasteiger partial charge >= 0.3 is 0 Å². The predicted molar refractivity (Wildman–Crippen MR) is 91.5 cm³/mol. The molecule has 0 unspecified atom stereocenters. The molecular formula is C18H20N2OS. The molecule has 4 heteroatoms. The SMILES string of the molecule is C=CCN(C(=O)Cc1ccccc1)c1nc2c(s1)CCCC2. The number of benzene rings is 1. The quantitative estimate of drug-likeness (QED) is 0.787. The second kappa shape index (κ2) is 6.88. The van der Waals surface area contributed by atoms with Gasteiger partial charge in [0.25, 0.3) is 0 Å². The molecule has 22 heavy (non-hydrogen) atoms. The number of anilines is 1. The van der Waals surface area contributed by atoms with Crippen molar-refractivity contribution in [3.05, 3.63) is 59.1 Å². The van der Waals surface area contributed by atoms with Gasteiger partial charge in [-0.3, -0.25) is 9.69 Å². The average Bonchev–Trinajstić information content (AvgIpc) is 2.97. The molecule has 0 aliphatic heterocycles. The second-order valence-electron chi connectivity index (χ2n) is 5.53. The number of carbonyl (C=O) groups is 1. The third kappa shape index (κ3) is 3.28. The zero-order valence-electron chi connectivity index (χ0n) is 12.6. The summed E-state index contributed by atoms with van der Waals surface area (Å²) in [6.45, 7) is 4.29. The number of amides is 1. The molecule has 1 heterocycles. The summed E-state index contributed by atoms with van der Waals surface area (Å²) in [5.74, 6) is 0.0807. The minimum atomic E-state index is 0.0807. The highest BCUT2D eigenvalue weighted by atomic mass is 32.1. The first-order chi connectivity index (χ1) is 10.8. The third-order valence-corrected chi connectivity index (χ3v) is 5.06. The van der Waals surface area contributed by atoms with E-state index >= 15 is 0 Å². The molecular weight excluding hydrogens is 292 g/mol. The number of aryl methyl sites for hydroxylation is 2. The third-order valence-electron chi connectivity index (χ3n) is 3.88. The summed E-state index contributed by atoms with van der Waals surface area (Å²) in [6.07, 6.45) is 6.74. The number of hydrogen-bond acceptors (Lipinski definition) is 3. The minimum Gasteiger partial charge on any atom is -0.284 e. The van der Waals surface area contributed by atoms with Crippen molar-refractivity contribution >= 4 is 22.4 Å². The highest BCUT2D eigenvalue weighted by Crippen LogP contribution is 2.32. The topological polar surface area (TPSA) is 33.2 Å². The van der Waals surface area contributed by atoms with Crippen LogP contribution in [0.25, 0.3) is 0 Å². The molecule has 0 saturated heterocycles. The molecule has 114 valence electrons. The van der Waals surface area contributed by atoms with Crippen LogP contribution in [0.2, 0.25) is 0 Å². The molecule has 0 spiro atoms. The molecule has 1 amide bonds. The molecule has 0 fully saturated rings. The van der Waals surface area contributed by atoms with Gasteiger partial charge in [0, 0.05) is 11.4 Å². The molecule has 0 N–H and O–H groups in total. The summed E-state index contributed by atoms with van der Waals surface area (Å²) < 4.78 is 0.